The van der Waals surface area contributed by atoms with E-state index in [1.165, 1.54) is 0 Å². The first-order valence-electron chi connectivity index (χ1n) is 7.19. The van der Waals surface area contributed by atoms with Crippen molar-refractivity contribution >= 4 is 21.9 Å². The van der Waals surface area contributed by atoms with Crippen LogP contribution in [0.3, 0.4) is 0 Å². The first-order chi connectivity index (χ1) is 10.8. The summed E-state index contributed by atoms with van der Waals surface area (Å²) in [4.78, 5) is 0.781. The molecular formula is C17H18N2O2S. The average molecular weight is 314 g/mol. The van der Waals surface area contributed by atoms with Gasteiger partial charge in [0.25, 0.3) is 0 Å². The zero-order valence-electron chi connectivity index (χ0n) is 12.1. The first-order valence-corrected chi connectivity index (χ1v) is 8.30. The molecule has 5 heteroatoms. The van der Waals surface area contributed by atoms with Gasteiger partial charge in [0.05, 0.1) is 17.0 Å². The van der Waals surface area contributed by atoms with Crippen LogP contribution in [-0.2, 0) is 17.5 Å². The van der Waals surface area contributed by atoms with Crippen molar-refractivity contribution in [3.05, 3.63) is 66.4 Å². The summed E-state index contributed by atoms with van der Waals surface area (Å²) >= 11 is 0. The SMILES string of the molecule is O=S(c1ccccc1)n1ccc2c(CNCCO)cccc21. The van der Waals surface area contributed by atoms with E-state index in [9.17, 15) is 4.21 Å². The molecule has 3 rings (SSSR count). The lowest BCUT2D eigenvalue weighted by Gasteiger charge is -2.08. The van der Waals surface area contributed by atoms with Crippen LogP contribution in [0.1, 0.15) is 5.56 Å². The van der Waals surface area contributed by atoms with Gasteiger partial charge in [-0.3, -0.25) is 3.97 Å². The minimum Gasteiger partial charge on any atom is -0.395 e. The highest BCUT2D eigenvalue weighted by molar-refractivity contribution is 7.83. The molecule has 1 unspecified atom stereocenters. The van der Waals surface area contributed by atoms with Crippen molar-refractivity contribution in [2.45, 2.75) is 11.4 Å². The highest BCUT2D eigenvalue weighted by Gasteiger charge is 2.11. The fraction of sp³-hybridized carbons (Fsp3) is 0.176. The fourth-order valence-corrected chi connectivity index (χ4v) is 3.58. The molecule has 1 atom stereocenters. The number of nitrogens with zero attached hydrogens (tertiary/aromatic N) is 1. The van der Waals surface area contributed by atoms with Gasteiger partial charge in [0.2, 0.25) is 0 Å². The molecule has 0 bridgehead atoms. The maximum absolute atomic E-state index is 12.7. The van der Waals surface area contributed by atoms with Crippen LogP contribution in [0.2, 0.25) is 0 Å². The van der Waals surface area contributed by atoms with Crippen LogP contribution in [0.5, 0.6) is 0 Å². The fourth-order valence-electron chi connectivity index (χ4n) is 2.46. The van der Waals surface area contributed by atoms with E-state index in [1.54, 1.807) is 3.97 Å². The lowest BCUT2D eigenvalue weighted by atomic mass is 10.1. The first kappa shape index (κ1) is 15.0. The van der Waals surface area contributed by atoms with Crippen LogP contribution in [0, 0.1) is 0 Å². The van der Waals surface area contributed by atoms with E-state index in [0.29, 0.717) is 13.1 Å². The predicted octanol–water partition coefficient (Wildman–Crippen LogP) is 2.29. The van der Waals surface area contributed by atoms with E-state index < -0.39 is 11.0 Å². The molecule has 0 aliphatic carbocycles. The molecule has 2 aromatic carbocycles. The van der Waals surface area contributed by atoms with Crippen LogP contribution in [0.15, 0.2) is 65.7 Å². The summed E-state index contributed by atoms with van der Waals surface area (Å²) in [5.74, 6) is 0. The molecule has 22 heavy (non-hydrogen) atoms. The molecule has 1 aromatic heterocycles. The summed E-state index contributed by atoms with van der Waals surface area (Å²) < 4.78 is 14.5. The lowest BCUT2D eigenvalue weighted by Crippen LogP contribution is -2.17. The van der Waals surface area contributed by atoms with Crippen molar-refractivity contribution in [2.24, 2.45) is 0 Å². The van der Waals surface area contributed by atoms with Gasteiger partial charge in [0.1, 0.15) is 0 Å². The van der Waals surface area contributed by atoms with Gasteiger partial charge < -0.3 is 10.4 Å². The van der Waals surface area contributed by atoms with E-state index in [2.05, 4.69) is 5.32 Å². The molecule has 114 valence electrons. The van der Waals surface area contributed by atoms with Crippen molar-refractivity contribution < 1.29 is 9.32 Å². The van der Waals surface area contributed by atoms with Crippen molar-refractivity contribution in [2.75, 3.05) is 13.2 Å². The summed E-state index contributed by atoms with van der Waals surface area (Å²) in [6, 6.07) is 17.4. The van der Waals surface area contributed by atoms with Gasteiger partial charge in [0.15, 0.2) is 11.0 Å². The molecule has 0 amide bonds. The number of aromatic nitrogens is 1. The number of aliphatic hydroxyl groups excluding tert-OH is 1. The molecule has 2 N–H and O–H groups in total. The van der Waals surface area contributed by atoms with Gasteiger partial charge in [0, 0.05) is 24.7 Å². The Balaban J connectivity index is 1.95. The third-order valence-corrected chi connectivity index (χ3v) is 4.87. The van der Waals surface area contributed by atoms with E-state index in [1.807, 2.05) is 60.8 Å². The third-order valence-electron chi connectivity index (χ3n) is 3.51. The number of fused-ring (bicyclic) bond motifs is 1. The summed E-state index contributed by atoms with van der Waals surface area (Å²) in [5, 5.41) is 13.1. The Morgan fingerprint density at radius 3 is 2.64 bits per heavy atom. The Kier molecular flexibility index (Phi) is 4.68. The van der Waals surface area contributed by atoms with Crippen molar-refractivity contribution in [1.82, 2.24) is 9.29 Å². The Morgan fingerprint density at radius 2 is 1.86 bits per heavy atom. The van der Waals surface area contributed by atoms with Gasteiger partial charge in [-0.1, -0.05) is 30.3 Å². The minimum atomic E-state index is -1.25. The Hall–Kier alpha value is -1.95. The molecule has 0 saturated carbocycles. The number of nitrogens with one attached hydrogen (secondary N) is 1. The molecule has 1 heterocycles. The second-order valence-electron chi connectivity index (χ2n) is 4.95. The Morgan fingerprint density at radius 1 is 1.05 bits per heavy atom. The average Bonchev–Trinajstić information content (AvgIpc) is 3.00. The lowest BCUT2D eigenvalue weighted by molar-refractivity contribution is 0.292. The molecule has 0 aliphatic rings. The second-order valence-corrected chi connectivity index (χ2v) is 6.32. The topological polar surface area (TPSA) is 54.3 Å². The van der Waals surface area contributed by atoms with Gasteiger partial charge >= 0.3 is 0 Å². The van der Waals surface area contributed by atoms with E-state index in [4.69, 9.17) is 5.11 Å². The summed E-state index contributed by atoms with van der Waals surface area (Å²) in [6.07, 6.45) is 1.86. The largest absolute Gasteiger partial charge is 0.395 e. The van der Waals surface area contributed by atoms with Crippen LogP contribution in [0.25, 0.3) is 10.9 Å². The number of hydrogen-bond donors (Lipinski definition) is 2. The normalized spacial score (nSPS) is 12.6. The number of aliphatic hydroxyl groups is 1. The summed E-state index contributed by atoms with van der Waals surface area (Å²) in [7, 11) is -1.25. The van der Waals surface area contributed by atoms with Gasteiger partial charge in [-0.05, 0) is 29.8 Å². The minimum absolute atomic E-state index is 0.120. The Labute approximate surface area is 132 Å². The van der Waals surface area contributed by atoms with E-state index >= 15 is 0 Å². The second kappa shape index (κ2) is 6.87. The third kappa shape index (κ3) is 2.97. The maximum Gasteiger partial charge on any atom is 0.157 e. The van der Waals surface area contributed by atoms with Gasteiger partial charge in [-0.2, -0.15) is 0 Å². The van der Waals surface area contributed by atoms with Gasteiger partial charge in [-0.25, -0.2) is 4.21 Å². The molecule has 0 fully saturated rings. The molecule has 0 radical (unpaired) electrons. The molecule has 0 saturated heterocycles. The number of rotatable bonds is 6. The smallest absolute Gasteiger partial charge is 0.157 e. The Bertz CT molecular complexity index is 784. The maximum atomic E-state index is 12.7. The molecule has 3 aromatic rings. The highest BCUT2D eigenvalue weighted by Crippen LogP contribution is 2.23. The monoisotopic (exact) mass is 314 g/mol. The zero-order chi connectivity index (χ0) is 15.4. The summed E-state index contributed by atoms with van der Waals surface area (Å²) in [5.41, 5.74) is 2.08. The van der Waals surface area contributed by atoms with Gasteiger partial charge in [-0.15, -0.1) is 0 Å². The quantitative estimate of drug-likeness (QED) is 0.687. The molecule has 0 spiro atoms. The van der Waals surface area contributed by atoms with Crippen LogP contribution in [-0.4, -0.2) is 26.4 Å². The highest BCUT2D eigenvalue weighted by atomic mass is 32.2. The number of benzene rings is 2. The standard InChI is InChI=1S/C17H18N2O2S/c20-12-10-18-13-14-5-4-8-17-16(14)9-11-19(17)22(21)15-6-2-1-3-7-15/h1-9,11,18,20H,10,12-13H2. The van der Waals surface area contributed by atoms with Crippen molar-refractivity contribution in [3.8, 4) is 0 Å². The zero-order valence-corrected chi connectivity index (χ0v) is 12.9. The molecule has 4 nitrogen and oxygen atoms in total. The van der Waals surface area contributed by atoms with Crippen LogP contribution < -0.4 is 5.32 Å². The summed E-state index contributed by atoms with van der Waals surface area (Å²) in [6.45, 7) is 1.36. The molecular weight excluding hydrogens is 296 g/mol. The predicted molar refractivity (Wildman–Crippen MR) is 89.0 cm³/mol. The van der Waals surface area contributed by atoms with Crippen LogP contribution in [0.4, 0.5) is 0 Å². The van der Waals surface area contributed by atoms with Crippen LogP contribution >= 0.6 is 0 Å². The number of hydrogen-bond acceptors (Lipinski definition) is 3. The van der Waals surface area contributed by atoms with Crippen molar-refractivity contribution in [3.63, 3.8) is 0 Å². The van der Waals surface area contributed by atoms with Crippen molar-refractivity contribution in [1.29, 1.82) is 0 Å². The molecule has 0 aliphatic heterocycles. The van der Waals surface area contributed by atoms with E-state index in [-0.39, 0.29) is 6.61 Å². The van der Waals surface area contributed by atoms with E-state index in [0.717, 1.165) is 21.4 Å².